The Morgan fingerprint density at radius 2 is 1.95 bits per heavy atom. The Kier molecular flexibility index (Phi) is 4.62. The number of benzene rings is 1. The van der Waals surface area contributed by atoms with E-state index < -0.39 is 20.7 Å². The monoisotopic (exact) mass is 376 g/mol. The van der Waals surface area contributed by atoms with E-state index in [9.17, 15) is 23.3 Å². The Bertz CT molecular complexity index is 675. The number of carbonyl (C=O) groups excluding carboxylic acids is 1. The summed E-state index contributed by atoms with van der Waals surface area (Å²) < 4.78 is 23.1. The van der Waals surface area contributed by atoms with Gasteiger partial charge in [0.15, 0.2) is 0 Å². The molecule has 0 spiro atoms. The molecule has 114 valence electrons. The number of nitrogens with zero attached hydrogens (tertiary/aromatic N) is 1. The van der Waals surface area contributed by atoms with E-state index in [4.69, 9.17) is 0 Å². The highest BCUT2D eigenvalue weighted by molar-refractivity contribution is 9.10. The molecule has 1 aliphatic rings. The van der Waals surface area contributed by atoms with Crippen molar-refractivity contribution in [2.24, 2.45) is 0 Å². The molecule has 1 aliphatic heterocycles. The molecular weight excluding hydrogens is 364 g/mol. The highest BCUT2D eigenvalue weighted by Crippen LogP contribution is 2.23. The van der Waals surface area contributed by atoms with E-state index in [1.165, 1.54) is 18.2 Å². The molecule has 1 aromatic carbocycles. The molecule has 1 aromatic rings. The average molecular weight is 377 g/mol. The molecule has 0 unspecified atom stereocenters. The fourth-order valence-corrected chi connectivity index (χ4v) is 4.02. The fraction of sp³-hybridized carbons (Fsp3) is 0.417. The highest BCUT2D eigenvalue weighted by atomic mass is 79.9. The SMILES string of the molecule is O=C(NC1CCS(=O)(=O)CC1)c1cc([N+](=O)[O-])ccc1Br. The number of nitrogens with one attached hydrogen (secondary N) is 1. The second kappa shape index (κ2) is 6.10. The molecule has 1 amide bonds. The number of non-ortho nitro benzene ring substituents is 1. The quantitative estimate of drug-likeness (QED) is 0.637. The number of hydrogen-bond acceptors (Lipinski definition) is 5. The van der Waals surface area contributed by atoms with Crippen molar-refractivity contribution in [2.75, 3.05) is 11.5 Å². The summed E-state index contributed by atoms with van der Waals surface area (Å²) >= 11 is 3.18. The lowest BCUT2D eigenvalue weighted by molar-refractivity contribution is -0.384. The van der Waals surface area contributed by atoms with Crippen molar-refractivity contribution in [2.45, 2.75) is 18.9 Å². The van der Waals surface area contributed by atoms with E-state index in [0.717, 1.165) is 0 Å². The molecule has 0 saturated carbocycles. The number of nitro benzene ring substituents is 1. The van der Waals surface area contributed by atoms with Crippen LogP contribution < -0.4 is 5.32 Å². The van der Waals surface area contributed by atoms with E-state index in [1.807, 2.05) is 0 Å². The van der Waals surface area contributed by atoms with E-state index in [-0.39, 0.29) is 28.8 Å². The molecule has 7 nitrogen and oxygen atoms in total. The predicted octanol–water partition coefficient (Wildman–Crippen LogP) is 1.66. The van der Waals surface area contributed by atoms with Gasteiger partial charge in [-0.05, 0) is 34.8 Å². The first-order valence-corrected chi connectivity index (χ1v) is 8.85. The van der Waals surface area contributed by atoms with Crippen LogP contribution in [-0.2, 0) is 9.84 Å². The van der Waals surface area contributed by atoms with Gasteiger partial charge in [0, 0.05) is 22.6 Å². The number of sulfone groups is 1. The third-order valence-corrected chi connectivity index (χ3v) is 5.70. The van der Waals surface area contributed by atoms with Crippen molar-refractivity contribution in [1.82, 2.24) is 5.32 Å². The van der Waals surface area contributed by atoms with Crippen LogP contribution in [0.3, 0.4) is 0 Å². The van der Waals surface area contributed by atoms with Crippen LogP contribution >= 0.6 is 15.9 Å². The third-order valence-electron chi connectivity index (χ3n) is 3.30. The lowest BCUT2D eigenvalue weighted by Crippen LogP contribution is -2.40. The Hall–Kier alpha value is -1.48. The van der Waals surface area contributed by atoms with Crippen LogP contribution in [0.15, 0.2) is 22.7 Å². The molecule has 0 radical (unpaired) electrons. The molecule has 0 aromatic heterocycles. The van der Waals surface area contributed by atoms with Crippen molar-refractivity contribution in [3.63, 3.8) is 0 Å². The minimum absolute atomic E-state index is 0.0497. The smallest absolute Gasteiger partial charge is 0.270 e. The predicted molar refractivity (Wildman–Crippen MR) is 79.9 cm³/mol. The molecule has 1 heterocycles. The zero-order valence-electron chi connectivity index (χ0n) is 10.9. The molecule has 1 fully saturated rings. The normalized spacial score (nSPS) is 18.1. The lowest BCUT2D eigenvalue weighted by Gasteiger charge is -2.23. The van der Waals surface area contributed by atoms with Gasteiger partial charge >= 0.3 is 0 Å². The minimum Gasteiger partial charge on any atom is -0.349 e. The molecule has 21 heavy (non-hydrogen) atoms. The molecule has 1 saturated heterocycles. The molecule has 1 N–H and O–H groups in total. The summed E-state index contributed by atoms with van der Waals surface area (Å²) in [5.41, 5.74) is -0.00722. The molecular formula is C12H13BrN2O5S. The molecule has 9 heteroatoms. The molecule has 0 atom stereocenters. The maximum absolute atomic E-state index is 12.2. The molecule has 0 bridgehead atoms. The lowest BCUT2D eigenvalue weighted by atomic mass is 10.1. The number of amides is 1. The van der Waals surface area contributed by atoms with Gasteiger partial charge in [0.25, 0.3) is 11.6 Å². The van der Waals surface area contributed by atoms with Gasteiger partial charge in [-0.3, -0.25) is 14.9 Å². The van der Waals surface area contributed by atoms with Crippen molar-refractivity contribution in [1.29, 1.82) is 0 Å². The van der Waals surface area contributed by atoms with Gasteiger partial charge < -0.3 is 5.32 Å². The maximum Gasteiger partial charge on any atom is 0.270 e. The number of hydrogen-bond donors (Lipinski definition) is 1. The maximum atomic E-state index is 12.2. The van der Waals surface area contributed by atoms with Crippen LogP contribution in [0.5, 0.6) is 0 Å². The minimum atomic E-state index is -2.99. The summed E-state index contributed by atoms with van der Waals surface area (Å²) in [6.45, 7) is 0. The zero-order chi connectivity index (χ0) is 15.6. The summed E-state index contributed by atoms with van der Waals surface area (Å²) in [4.78, 5) is 22.3. The van der Waals surface area contributed by atoms with Crippen LogP contribution in [0, 0.1) is 10.1 Å². The topological polar surface area (TPSA) is 106 Å². The summed E-state index contributed by atoms with van der Waals surface area (Å²) in [6, 6.07) is 3.71. The Balaban J connectivity index is 2.10. The first-order chi connectivity index (χ1) is 9.78. The first-order valence-electron chi connectivity index (χ1n) is 6.24. The van der Waals surface area contributed by atoms with E-state index >= 15 is 0 Å². The number of halogens is 1. The Morgan fingerprint density at radius 3 is 2.52 bits per heavy atom. The van der Waals surface area contributed by atoms with Crippen molar-refractivity contribution < 1.29 is 18.1 Å². The second-order valence-electron chi connectivity index (χ2n) is 4.82. The van der Waals surface area contributed by atoms with Crippen molar-refractivity contribution in [3.05, 3.63) is 38.3 Å². The Morgan fingerprint density at radius 1 is 1.33 bits per heavy atom. The summed E-state index contributed by atoms with van der Waals surface area (Å²) in [7, 11) is -2.99. The summed E-state index contributed by atoms with van der Waals surface area (Å²) in [5.74, 6) is -0.350. The van der Waals surface area contributed by atoms with Crippen molar-refractivity contribution >= 4 is 37.4 Å². The van der Waals surface area contributed by atoms with Gasteiger partial charge in [-0.2, -0.15) is 0 Å². The van der Waals surface area contributed by atoms with Crippen LogP contribution in [-0.4, -0.2) is 36.8 Å². The van der Waals surface area contributed by atoms with Gasteiger partial charge in [-0.15, -0.1) is 0 Å². The van der Waals surface area contributed by atoms with E-state index in [2.05, 4.69) is 21.2 Å². The average Bonchev–Trinajstić information content (AvgIpc) is 2.41. The van der Waals surface area contributed by atoms with Gasteiger partial charge in [-0.25, -0.2) is 8.42 Å². The summed E-state index contributed by atoms with van der Waals surface area (Å²) in [5, 5.41) is 13.5. The van der Waals surface area contributed by atoms with Crippen LogP contribution in [0.4, 0.5) is 5.69 Å². The fourth-order valence-electron chi connectivity index (χ4n) is 2.10. The van der Waals surface area contributed by atoms with E-state index in [0.29, 0.717) is 17.3 Å². The first kappa shape index (κ1) is 15.9. The zero-order valence-corrected chi connectivity index (χ0v) is 13.3. The van der Waals surface area contributed by atoms with Gasteiger partial charge in [-0.1, -0.05) is 0 Å². The third kappa shape index (κ3) is 4.01. The Labute approximate surface area is 129 Å². The number of rotatable bonds is 3. The van der Waals surface area contributed by atoms with Crippen LogP contribution in [0.25, 0.3) is 0 Å². The molecule has 0 aliphatic carbocycles. The standard InChI is InChI=1S/C12H13BrN2O5S/c13-11-2-1-9(15(17)18)7-10(11)12(16)14-8-3-5-21(19,20)6-4-8/h1-2,7-8H,3-6H2,(H,14,16). The number of carbonyl (C=O) groups is 1. The van der Waals surface area contributed by atoms with Gasteiger partial charge in [0.1, 0.15) is 9.84 Å². The molecule has 2 rings (SSSR count). The van der Waals surface area contributed by atoms with Crippen LogP contribution in [0.2, 0.25) is 0 Å². The second-order valence-corrected chi connectivity index (χ2v) is 7.98. The largest absolute Gasteiger partial charge is 0.349 e. The number of nitro groups is 1. The van der Waals surface area contributed by atoms with Crippen LogP contribution in [0.1, 0.15) is 23.2 Å². The van der Waals surface area contributed by atoms with Crippen molar-refractivity contribution in [3.8, 4) is 0 Å². The van der Waals surface area contributed by atoms with Gasteiger partial charge in [0.05, 0.1) is 22.0 Å². The van der Waals surface area contributed by atoms with E-state index in [1.54, 1.807) is 0 Å². The summed E-state index contributed by atoms with van der Waals surface area (Å²) in [6.07, 6.45) is 0.723. The van der Waals surface area contributed by atoms with Gasteiger partial charge in [0.2, 0.25) is 0 Å². The highest BCUT2D eigenvalue weighted by Gasteiger charge is 2.26.